The number of nitrogens with one attached hydrogen (secondary N) is 1. The SMILES string of the molecule is CNCC1(C)CN(c2cc(C)ccc2C)C(=O)O1. The van der Waals surface area contributed by atoms with Crippen molar-refractivity contribution in [1.29, 1.82) is 0 Å². The molecule has 1 aromatic carbocycles. The molecule has 0 aromatic heterocycles. The Balaban J connectivity index is 2.29. The van der Waals surface area contributed by atoms with Gasteiger partial charge in [0.2, 0.25) is 0 Å². The maximum atomic E-state index is 12.0. The zero-order valence-electron chi connectivity index (χ0n) is 11.4. The first-order valence-electron chi connectivity index (χ1n) is 6.17. The maximum Gasteiger partial charge on any atom is 0.415 e. The van der Waals surface area contributed by atoms with Crippen LogP contribution < -0.4 is 10.2 Å². The van der Waals surface area contributed by atoms with Crippen LogP contribution in [0, 0.1) is 13.8 Å². The van der Waals surface area contributed by atoms with Gasteiger partial charge in [-0.05, 0) is 45.0 Å². The van der Waals surface area contributed by atoms with Crippen molar-refractivity contribution >= 4 is 11.8 Å². The van der Waals surface area contributed by atoms with Crippen LogP contribution in [0.5, 0.6) is 0 Å². The molecule has 1 unspecified atom stereocenters. The number of benzene rings is 1. The van der Waals surface area contributed by atoms with Crippen LogP contribution in [0.3, 0.4) is 0 Å². The first kappa shape index (κ1) is 12.9. The monoisotopic (exact) mass is 248 g/mol. The molecule has 98 valence electrons. The summed E-state index contributed by atoms with van der Waals surface area (Å²) in [6.45, 7) is 7.22. The lowest BCUT2D eigenvalue weighted by Crippen LogP contribution is -2.40. The molecule has 0 radical (unpaired) electrons. The number of nitrogens with zero attached hydrogens (tertiary/aromatic N) is 1. The Hall–Kier alpha value is -1.55. The fourth-order valence-electron chi connectivity index (χ4n) is 2.36. The Morgan fingerprint density at radius 1 is 1.44 bits per heavy atom. The third-order valence-electron chi connectivity index (χ3n) is 3.25. The summed E-state index contributed by atoms with van der Waals surface area (Å²) in [5, 5.41) is 3.06. The van der Waals surface area contributed by atoms with Gasteiger partial charge in [-0.1, -0.05) is 12.1 Å². The third kappa shape index (κ3) is 2.34. The van der Waals surface area contributed by atoms with E-state index in [2.05, 4.69) is 5.32 Å². The first-order chi connectivity index (χ1) is 8.45. The second kappa shape index (κ2) is 4.61. The van der Waals surface area contributed by atoms with E-state index in [1.165, 1.54) is 0 Å². The molecule has 1 heterocycles. The lowest BCUT2D eigenvalue weighted by molar-refractivity contribution is 0.0734. The molecule has 4 heteroatoms. The van der Waals surface area contributed by atoms with Crippen LogP contribution in [0.2, 0.25) is 0 Å². The average molecular weight is 248 g/mol. The van der Waals surface area contributed by atoms with Gasteiger partial charge < -0.3 is 10.1 Å². The van der Waals surface area contributed by atoms with Gasteiger partial charge in [-0.2, -0.15) is 0 Å². The van der Waals surface area contributed by atoms with E-state index in [-0.39, 0.29) is 6.09 Å². The highest BCUT2D eigenvalue weighted by Crippen LogP contribution is 2.30. The van der Waals surface area contributed by atoms with Gasteiger partial charge in [0.05, 0.1) is 12.2 Å². The van der Waals surface area contributed by atoms with Gasteiger partial charge in [-0.15, -0.1) is 0 Å². The quantitative estimate of drug-likeness (QED) is 0.892. The van der Waals surface area contributed by atoms with E-state index in [4.69, 9.17) is 4.74 Å². The summed E-state index contributed by atoms with van der Waals surface area (Å²) in [7, 11) is 1.86. The molecule has 1 aliphatic rings. The molecule has 0 bridgehead atoms. The Morgan fingerprint density at radius 3 is 2.83 bits per heavy atom. The normalized spacial score (nSPS) is 23.3. The van der Waals surface area contributed by atoms with Crippen molar-refractivity contribution in [1.82, 2.24) is 5.32 Å². The molecule has 2 rings (SSSR count). The van der Waals surface area contributed by atoms with Crippen LogP contribution in [0.4, 0.5) is 10.5 Å². The number of cyclic esters (lactones) is 1. The minimum absolute atomic E-state index is 0.263. The molecule has 1 atom stereocenters. The van der Waals surface area contributed by atoms with Gasteiger partial charge in [0.15, 0.2) is 0 Å². The van der Waals surface area contributed by atoms with Gasteiger partial charge in [0, 0.05) is 6.54 Å². The van der Waals surface area contributed by atoms with Crippen LogP contribution in [0.25, 0.3) is 0 Å². The van der Waals surface area contributed by atoms with E-state index in [1.54, 1.807) is 4.90 Å². The number of anilines is 1. The minimum Gasteiger partial charge on any atom is -0.440 e. The largest absolute Gasteiger partial charge is 0.440 e. The fraction of sp³-hybridized carbons (Fsp3) is 0.500. The third-order valence-corrected chi connectivity index (χ3v) is 3.25. The number of hydrogen-bond donors (Lipinski definition) is 1. The van der Waals surface area contributed by atoms with Crippen LogP contribution in [0.1, 0.15) is 18.1 Å². The summed E-state index contributed by atoms with van der Waals surface area (Å²) in [6, 6.07) is 6.11. The lowest BCUT2D eigenvalue weighted by Gasteiger charge is -2.21. The molecule has 1 aliphatic heterocycles. The standard InChI is InChI=1S/C14H20N2O2/c1-10-5-6-11(2)12(7-10)16-9-14(3,8-15-4)18-13(16)17/h5-7,15H,8-9H2,1-4H3. The zero-order valence-corrected chi connectivity index (χ0v) is 11.4. The molecule has 1 N–H and O–H groups in total. The minimum atomic E-state index is -0.456. The van der Waals surface area contributed by atoms with E-state index in [0.29, 0.717) is 13.1 Å². The van der Waals surface area contributed by atoms with Gasteiger partial charge in [0.25, 0.3) is 0 Å². The molecule has 1 saturated heterocycles. The van der Waals surface area contributed by atoms with Gasteiger partial charge in [-0.3, -0.25) is 4.90 Å². The topological polar surface area (TPSA) is 41.6 Å². The van der Waals surface area contributed by atoms with E-state index < -0.39 is 5.60 Å². The van der Waals surface area contributed by atoms with E-state index in [9.17, 15) is 4.79 Å². The highest BCUT2D eigenvalue weighted by Gasteiger charge is 2.41. The van der Waals surface area contributed by atoms with Gasteiger partial charge in [0.1, 0.15) is 5.60 Å². The highest BCUT2D eigenvalue weighted by molar-refractivity contribution is 5.91. The van der Waals surface area contributed by atoms with Crippen molar-refractivity contribution in [2.24, 2.45) is 0 Å². The predicted octanol–water partition coefficient (Wildman–Crippen LogP) is 2.24. The second-order valence-electron chi connectivity index (χ2n) is 5.22. The zero-order chi connectivity index (χ0) is 13.3. The van der Waals surface area contributed by atoms with Gasteiger partial charge in [-0.25, -0.2) is 4.79 Å². The average Bonchev–Trinajstić information content (AvgIpc) is 2.58. The number of rotatable bonds is 3. The summed E-state index contributed by atoms with van der Waals surface area (Å²) < 4.78 is 5.48. The fourth-order valence-corrected chi connectivity index (χ4v) is 2.36. The van der Waals surface area contributed by atoms with Crippen LogP contribution >= 0.6 is 0 Å². The summed E-state index contributed by atoms with van der Waals surface area (Å²) in [4.78, 5) is 13.7. The number of aryl methyl sites for hydroxylation is 2. The molecular formula is C14H20N2O2. The first-order valence-corrected chi connectivity index (χ1v) is 6.17. The van der Waals surface area contributed by atoms with Crippen LogP contribution in [0.15, 0.2) is 18.2 Å². The van der Waals surface area contributed by atoms with E-state index >= 15 is 0 Å². The number of likely N-dealkylation sites (N-methyl/N-ethyl adjacent to an activating group) is 1. The predicted molar refractivity (Wildman–Crippen MR) is 72.1 cm³/mol. The van der Waals surface area contributed by atoms with Gasteiger partial charge >= 0.3 is 6.09 Å². The summed E-state index contributed by atoms with van der Waals surface area (Å²) in [6.07, 6.45) is -0.263. The molecule has 18 heavy (non-hydrogen) atoms. The molecular weight excluding hydrogens is 228 g/mol. The summed E-state index contributed by atoms with van der Waals surface area (Å²) >= 11 is 0. The van der Waals surface area contributed by atoms with Crippen molar-refractivity contribution in [2.75, 3.05) is 25.0 Å². The lowest BCUT2D eigenvalue weighted by atomic mass is 10.1. The number of ether oxygens (including phenoxy) is 1. The smallest absolute Gasteiger partial charge is 0.415 e. The number of amides is 1. The van der Waals surface area contributed by atoms with E-state index in [0.717, 1.165) is 16.8 Å². The Kier molecular flexibility index (Phi) is 3.30. The highest BCUT2D eigenvalue weighted by atomic mass is 16.6. The molecule has 4 nitrogen and oxygen atoms in total. The molecule has 1 aromatic rings. The van der Waals surface area contributed by atoms with Crippen LogP contribution in [-0.2, 0) is 4.74 Å². The van der Waals surface area contributed by atoms with Crippen molar-refractivity contribution in [3.63, 3.8) is 0 Å². The Morgan fingerprint density at radius 2 is 2.17 bits per heavy atom. The van der Waals surface area contributed by atoms with Crippen molar-refractivity contribution < 1.29 is 9.53 Å². The number of carbonyl (C=O) groups excluding carboxylic acids is 1. The number of hydrogen-bond acceptors (Lipinski definition) is 3. The van der Waals surface area contributed by atoms with Crippen LogP contribution in [-0.4, -0.2) is 31.8 Å². The molecule has 1 amide bonds. The number of carbonyl (C=O) groups is 1. The molecule has 1 fully saturated rings. The Bertz CT molecular complexity index is 473. The Labute approximate surface area is 108 Å². The summed E-state index contributed by atoms with van der Waals surface area (Å²) in [5.41, 5.74) is 2.72. The maximum absolute atomic E-state index is 12.0. The molecule has 0 spiro atoms. The second-order valence-corrected chi connectivity index (χ2v) is 5.22. The van der Waals surface area contributed by atoms with E-state index in [1.807, 2.05) is 46.0 Å². The van der Waals surface area contributed by atoms with Crippen molar-refractivity contribution in [3.8, 4) is 0 Å². The molecule has 0 aliphatic carbocycles. The van der Waals surface area contributed by atoms with Crippen molar-refractivity contribution in [3.05, 3.63) is 29.3 Å². The van der Waals surface area contributed by atoms with Crippen molar-refractivity contribution in [2.45, 2.75) is 26.4 Å². The molecule has 0 saturated carbocycles. The summed E-state index contributed by atoms with van der Waals surface area (Å²) in [5.74, 6) is 0.